The number of hydrogen-bond acceptors (Lipinski definition) is 2. The number of hydrogen-bond donors (Lipinski definition) is 1. The van der Waals surface area contributed by atoms with Crippen LogP contribution in [-0.2, 0) is 5.41 Å². The SMILES string of the molecule is CCNC(C)CC(C)(C)c1c(Br)cnn1C(C)C. The van der Waals surface area contributed by atoms with Gasteiger partial charge in [0.25, 0.3) is 0 Å². The summed E-state index contributed by atoms with van der Waals surface area (Å²) in [5, 5.41) is 7.97. The van der Waals surface area contributed by atoms with E-state index in [1.54, 1.807) is 0 Å². The van der Waals surface area contributed by atoms with Gasteiger partial charge in [-0.1, -0.05) is 20.8 Å². The van der Waals surface area contributed by atoms with E-state index in [2.05, 4.69) is 72.6 Å². The van der Waals surface area contributed by atoms with Crippen LogP contribution in [0.3, 0.4) is 0 Å². The maximum absolute atomic E-state index is 4.48. The normalized spacial score (nSPS) is 14.2. The molecule has 3 nitrogen and oxygen atoms in total. The summed E-state index contributed by atoms with van der Waals surface area (Å²) < 4.78 is 3.24. The highest BCUT2D eigenvalue weighted by atomic mass is 79.9. The fourth-order valence-corrected chi connectivity index (χ4v) is 3.46. The predicted molar refractivity (Wildman–Crippen MR) is 81.1 cm³/mol. The van der Waals surface area contributed by atoms with Crippen molar-refractivity contribution in [3.8, 4) is 0 Å². The fourth-order valence-electron chi connectivity index (χ4n) is 2.65. The Balaban J connectivity index is 3.00. The van der Waals surface area contributed by atoms with Gasteiger partial charge in [0.1, 0.15) is 0 Å². The fraction of sp³-hybridized carbons (Fsp3) is 0.786. The first-order valence-corrected chi connectivity index (χ1v) is 7.55. The Morgan fingerprint density at radius 2 is 2.00 bits per heavy atom. The van der Waals surface area contributed by atoms with Crippen LogP contribution in [0.1, 0.15) is 59.7 Å². The van der Waals surface area contributed by atoms with E-state index >= 15 is 0 Å². The van der Waals surface area contributed by atoms with Gasteiger partial charge < -0.3 is 5.32 Å². The molecule has 104 valence electrons. The number of halogens is 1. The van der Waals surface area contributed by atoms with E-state index in [9.17, 15) is 0 Å². The molecule has 1 rings (SSSR count). The average molecular weight is 316 g/mol. The highest BCUT2D eigenvalue weighted by molar-refractivity contribution is 9.10. The monoisotopic (exact) mass is 315 g/mol. The van der Waals surface area contributed by atoms with Gasteiger partial charge in [-0.25, -0.2) is 0 Å². The Bertz CT molecular complexity index is 382. The number of nitrogens with zero attached hydrogens (tertiary/aromatic N) is 2. The third kappa shape index (κ3) is 3.58. The maximum Gasteiger partial charge on any atom is 0.0635 e. The molecule has 1 aromatic rings. The number of aromatic nitrogens is 2. The summed E-state index contributed by atoms with van der Waals surface area (Å²) in [7, 11) is 0. The molecule has 0 spiro atoms. The molecular formula is C14H26BrN3. The molecule has 1 atom stereocenters. The molecule has 0 saturated heterocycles. The zero-order valence-electron chi connectivity index (χ0n) is 12.4. The summed E-state index contributed by atoms with van der Waals surface area (Å²) in [6.45, 7) is 14.3. The van der Waals surface area contributed by atoms with Gasteiger partial charge in [-0.2, -0.15) is 5.10 Å². The first-order chi connectivity index (χ1) is 8.29. The van der Waals surface area contributed by atoms with E-state index in [0.29, 0.717) is 12.1 Å². The van der Waals surface area contributed by atoms with Crippen LogP contribution in [0, 0.1) is 0 Å². The minimum Gasteiger partial charge on any atom is -0.314 e. The predicted octanol–water partition coefficient (Wildman–Crippen LogP) is 3.89. The third-order valence-electron chi connectivity index (χ3n) is 3.25. The molecule has 1 unspecified atom stereocenters. The summed E-state index contributed by atoms with van der Waals surface area (Å²) in [5.74, 6) is 0. The van der Waals surface area contributed by atoms with Gasteiger partial charge in [0, 0.05) is 17.5 Å². The average Bonchev–Trinajstić information content (AvgIpc) is 2.60. The Morgan fingerprint density at radius 3 is 2.50 bits per heavy atom. The van der Waals surface area contributed by atoms with Gasteiger partial charge in [0.05, 0.1) is 16.4 Å². The first-order valence-electron chi connectivity index (χ1n) is 6.76. The van der Waals surface area contributed by atoms with E-state index in [-0.39, 0.29) is 5.41 Å². The van der Waals surface area contributed by atoms with Crippen molar-refractivity contribution in [1.82, 2.24) is 15.1 Å². The molecule has 0 saturated carbocycles. The zero-order chi connectivity index (χ0) is 13.9. The number of nitrogens with one attached hydrogen (secondary N) is 1. The molecule has 0 aliphatic rings. The summed E-state index contributed by atoms with van der Waals surface area (Å²) in [5.41, 5.74) is 1.39. The highest BCUT2D eigenvalue weighted by Gasteiger charge is 2.30. The highest BCUT2D eigenvalue weighted by Crippen LogP contribution is 2.35. The summed E-state index contributed by atoms with van der Waals surface area (Å²) in [6, 6.07) is 0.896. The molecule has 0 aromatic carbocycles. The second-order valence-electron chi connectivity index (χ2n) is 5.93. The lowest BCUT2D eigenvalue weighted by atomic mass is 9.82. The lowest BCUT2D eigenvalue weighted by molar-refractivity contribution is 0.355. The largest absolute Gasteiger partial charge is 0.314 e. The van der Waals surface area contributed by atoms with Crippen LogP contribution in [0.4, 0.5) is 0 Å². The quantitative estimate of drug-likeness (QED) is 0.863. The molecule has 4 heteroatoms. The van der Waals surface area contributed by atoms with Crippen LogP contribution < -0.4 is 5.32 Å². The third-order valence-corrected chi connectivity index (χ3v) is 3.83. The van der Waals surface area contributed by atoms with Crippen molar-refractivity contribution in [2.45, 2.75) is 65.5 Å². The Kier molecular flexibility index (Phi) is 5.41. The van der Waals surface area contributed by atoms with Crippen LogP contribution in [0.15, 0.2) is 10.7 Å². The lowest BCUT2D eigenvalue weighted by Gasteiger charge is -2.30. The first kappa shape index (κ1) is 15.7. The van der Waals surface area contributed by atoms with E-state index in [0.717, 1.165) is 17.4 Å². The summed E-state index contributed by atoms with van der Waals surface area (Å²) in [4.78, 5) is 0. The van der Waals surface area contributed by atoms with Gasteiger partial charge in [-0.15, -0.1) is 0 Å². The van der Waals surface area contributed by atoms with Gasteiger partial charge in [0.15, 0.2) is 0 Å². The second kappa shape index (κ2) is 6.20. The minimum atomic E-state index is 0.0984. The molecule has 0 aliphatic heterocycles. The molecule has 18 heavy (non-hydrogen) atoms. The van der Waals surface area contributed by atoms with Crippen LogP contribution >= 0.6 is 15.9 Å². The van der Waals surface area contributed by atoms with Crippen molar-refractivity contribution < 1.29 is 0 Å². The van der Waals surface area contributed by atoms with E-state index in [1.807, 2.05) is 6.20 Å². The smallest absolute Gasteiger partial charge is 0.0635 e. The van der Waals surface area contributed by atoms with Crippen molar-refractivity contribution in [1.29, 1.82) is 0 Å². The van der Waals surface area contributed by atoms with E-state index in [1.165, 1.54) is 5.69 Å². The zero-order valence-corrected chi connectivity index (χ0v) is 14.0. The minimum absolute atomic E-state index is 0.0984. The van der Waals surface area contributed by atoms with Crippen LogP contribution in [0.2, 0.25) is 0 Å². The van der Waals surface area contributed by atoms with Crippen molar-refractivity contribution in [3.63, 3.8) is 0 Å². The standard InChI is InChI=1S/C14H26BrN3/c1-7-16-11(4)8-14(5,6)13-12(15)9-17-18(13)10(2)3/h9-11,16H,7-8H2,1-6H3. The van der Waals surface area contributed by atoms with Crippen molar-refractivity contribution >= 4 is 15.9 Å². The molecule has 1 N–H and O–H groups in total. The van der Waals surface area contributed by atoms with E-state index in [4.69, 9.17) is 0 Å². The Labute approximate surface area is 119 Å². The molecular weight excluding hydrogens is 290 g/mol. The molecule has 0 bridgehead atoms. The van der Waals surface area contributed by atoms with Gasteiger partial charge in [-0.3, -0.25) is 4.68 Å². The molecule has 0 fully saturated rings. The molecule has 1 aromatic heterocycles. The van der Waals surface area contributed by atoms with Crippen LogP contribution in [0.25, 0.3) is 0 Å². The van der Waals surface area contributed by atoms with Crippen molar-refractivity contribution in [3.05, 3.63) is 16.4 Å². The van der Waals surface area contributed by atoms with Crippen molar-refractivity contribution in [2.24, 2.45) is 0 Å². The Morgan fingerprint density at radius 1 is 1.39 bits per heavy atom. The lowest BCUT2D eigenvalue weighted by Crippen LogP contribution is -2.34. The summed E-state index contributed by atoms with van der Waals surface area (Å²) >= 11 is 3.65. The second-order valence-corrected chi connectivity index (χ2v) is 6.78. The van der Waals surface area contributed by atoms with Gasteiger partial charge >= 0.3 is 0 Å². The van der Waals surface area contributed by atoms with Crippen LogP contribution in [-0.4, -0.2) is 22.4 Å². The van der Waals surface area contributed by atoms with Crippen molar-refractivity contribution in [2.75, 3.05) is 6.54 Å². The van der Waals surface area contributed by atoms with Gasteiger partial charge in [0.2, 0.25) is 0 Å². The number of rotatable bonds is 6. The summed E-state index contributed by atoms with van der Waals surface area (Å²) in [6.07, 6.45) is 3.01. The Hall–Kier alpha value is -0.350. The van der Waals surface area contributed by atoms with E-state index < -0.39 is 0 Å². The van der Waals surface area contributed by atoms with Gasteiger partial charge in [-0.05, 0) is 49.7 Å². The maximum atomic E-state index is 4.48. The van der Waals surface area contributed by atoms with Crippen LogP contribution in [0.5, 0.6) is 0 Å². The topological polar surface area (TPSA) is 29.9 Å². The molecule has 0 amide bonds. The molecule has 0 radical (unpaired) electrons. The molecule has 0 aliphatic carbocycles. The molecule has 1 heterocycles.